The zero-order chi connectivity index (χ0) is 13.0. The molecule has 0 fully saturated rings. The standard InChI is InChI=1S/C14H21FO2/c1-9(2)12(10(3)16)7-11-5-6-14(17-4)13(15)8-11/h5-6,8-10,12,16H,7H2,1-4H3. The molecule has 2 nitrogen and oxygen atoms in total. The molecule has 1 aromatic rings. The minimum absolute atomic E-state index is 0.141. The molecular formula is C14H21FO2. The van der Waals surface area contributed by atoms with Gasteiger partial charge in [-0.15, -0.1) is 0 Å². The van der Waals surface area contributed by atoms with Crippen molar-refractivity contribution in [2.75, 3.05) is 7.11 Å². The predicted octanol–water partition coefficient (Wildman–Crippen LogP) is 3.03. The number of hydrogen-bond donors (Lipinski definition) is 1. The molecule has 96 valence electrons. The maximum absolute atomic E-state index is 13.5. The summed E-state index contributed by atoms with van der Waals surface area (Å²) in [5, 5.41) is 9.70. The maximum Gasteiger partial charge on any atom is 0.165 e. The second kappa shape index (κ2) is 6.01. The van der Waals surface area contributed by atoms with Gasteiger partial charge in [0.1, 0.15) is 0 Å². The average molecular weight is 240 g/mol. The van der Waals surface area contributed by atoms with Crippen LogP contribution in [0.25, 0.3) is 0 Å². The van der Waals surface area contributed by atoms with Crippen molar-refractivity contribution < 1.29 is 14.2 Å². The van der Waals surface area contributed by atoms with Gasteiger partial charge in [-0.1, -0.05) is 19.9 Å². The number of ether oxygens (including phenoxy) is 1. The number of aliphatic hydroxyl groups excluding tert-OH is 1. The number of aliphatic hydroxyl groups is 1. The van der Waals surface area contributed by atoms with Gasteiger partial charge in [0, 0.05) is 0 Å². The molecule has 0 aromatic heterocycles. The SMILES string of the molecule is COc1ccc(CC(C(C)C)C(C)O)cc1F. The van der Waals surface area contributed by atoms with Crippen LogP contribution >= 0.6 is 0 Å². The summed E-state index contributed by atoms with van der Waals surface area (Å²) in [4.78, 5) is 0. The highest BCUT2D eigenvalue weighted by molar-refractivity contribution is 5.29. The van der Waals surface area contributed by atoms with Crippen LogP contribution in [0.3, 0.4) is 0 Å². The lowest BCUT2D eigenvalue weighted by molar-refractivity contribution is 0.0976. The molecule has 0 aliphatic rings. The summed E-state index contributed by atoms with van der Waals surface area (Å²) >= 11 is 0. The topological polar surface area (TPSA) is 29.5 Å². The van der Waals surface area contributed by atoms with Crippen LogP contribution in [0.2, 0.25) is 0 Å². The zero-order valence-electron chi connectivity index (χ0n) is 10.9. The van der Waals surface area contributed by atoms with E-state index in [9.17, 15) is 9.50 Å². The second-order valence-electron chi connectivity index (χ2n) is 4.82. The first-order valence-electron chi connectivity index (χ1n) is 5.96. The van der Waals surface area contributed by atoms with E-state index in [2.05, 4.69) is 13.8 Å². The van der Waals surface area contributed by atoms with Gasteiger partial charge in [0.05, 0.1) is 13.2 Å². The first kappa shape index (κ1) is 14.0. The summed E-state index contributed by atoms with van der Waals surface area (Å²) in [5.41, 5.74) is 0.892. The lowest BCUT2D eigenvalue weighted by atomic mass is 9.85. The van der Waals surface area contributed by atoms with Crippen molar-refractivity contribution >= 4 is 0 Å². The fourth-order valence-corrected chi connectivity index (χ4v) is 2.07. The molecule has 0 heterocycles. The van der Waals surface area contributed by atoms with Crippen LogP contribution in [-0.2, 0) is 6.42 Å². The highest BCUT2D eigenvalue weighted by Crippen LogP contribution is 2.24. The lowest BCUT2D eigenvalue weighted by Crippen LogP contribution is -2.24. The Bertz CT molecular complexity index is 353. The van der Waals surface area contributed by atoms with Crippen molar-refractivity contribution in [2.45, 2.75) is 33.3 Å². The Morgan fingerprint density at radius 2 is 1.94 bits per heavy atom. The molecule has 1 N–H and O–H groups in total. The van der Waals surface area contributed by atoms with E-state index in [0.717, 1.165) is 5.56 Å². The molecular weight excluding hydrogens is 219 g/mol. The maximum atomic E-state index is 13.5. The normalized spacial score (nSPS) is 14.8. The Kier molecular flexibility index (Phi) is 4.94. The smallest absolute Gasteiger partial charge is 0.165 e. The van der Waals surface area contributed by atoms with Crippen molar-refractivity contribution in [1.29, 1.82) is 0 Å². The van der Waals surface area contributed by atoms with Crippen molar-refractivity contribution in [3.05, 3.63) is 29.6 Å². The molecule has 1 aromatic carbocycles. The van der Waals surface area contributed by atoms with Crippen molar-refractivity contribution in [3.8, 4) is 5.75 Å². The Labute approximate surface area is 102 Å². The Hall–Kier alpha value is -1.09. The highest BCUT2D eigenvalue weighted by Gasteiger charge is 2.19. The van der Waals surface area contributed by atoms with E-state index in [1.165, 1.54) is 13.2 Å². The van der Waals surface area contributed by atoms with Gasteiger partial charge in [-0.05, 0) is 42.9 Å². The molecule has 0 saturated heterocycles. The van der Waals surface area contributed by atoms with Gasteiger partial charge in [-0.25, -0.2) is 4.39 Å². The van der Waals surface area contributed by atoms with Crippen LogP contribution in [0.1, 0.15) is 26.3 Å². The second-order valence-corrected chi connectivity index (χ2v) is 4.82. The number of halogens is 1. The molecule has 0 aliphatic carbocycles. The fourth-order valence-electron chi connectivity index (χ4n) is 2.07. The van der Waals surface area contributed by atoms with E-state index >= 15 is 0 Å². The van der Waals surface area contributed by atoms with Crippen LogP contribution in [-0.4, -0.2) is 18.3 Å². The lowest BCUT2D eigenvalue weighted by Gasteiger charge is -2.24. The Morgan fingerprint density at radius 3 is 2.35 bits per heavy atom. The highest BCUT2D eigenvalue weighted by atomic mass is 19.1. The predicted molar refractivity (Wildman–Crippen MR) is 66.7 cm³/mol. The molecule has 0 saturated carbocycles. The number of methoxy groups -OCH3 is 1. The largest absolute Gasteiger partial charge is 0.494 e. The fraction of sp³-hybridized carbons (Fsp3) is 0.571. The first-order valence-corrected chi connectivity index (χ1v) is 5.96. The van der Waals surface area contributed by atoms with Gasteiger partial charge < -0.3 is 9.84 Å². The molecule has 0 bridgehead atoms. The molecule has 2 atom stereocenters. The number of rotatable bonds is 5. The summed E-state index contributed by atoms with van der Waals surface area (Å²) < 4.78 is 18.4. The molecule has 17 heavy (non-hydrogen) atoms. The van der Waals surface area contributed by atoms with Crippen LogP contribution in [0.5, 0.6) is 5.75 Å². The van der Waals surface area contributed by atoms with E-state index in [0.29, 0.717) is 12.3 Å². The summed E-state index contributed by atoms with van der Waals surface area (Å²) in [7, 11) is 1.45. The Morgan fingerprint density at radius 1 is 1.29 bits per heavy atom. The van der Waals surface area contributed by atoms with Gasteiger partial charge >= 0.3 is 0 Å². The van der Waals surface area contributed by atoms with Gasteiger partial charge in [0.15, 0.2) is 11.6 Å². The molecule has 0 amide bonds. The van der Waals surface area contributed by atoms with E-state index in [4.69, 9.17) is 4.74 Å². The van der Waals surface area contributed by atoms with E-state index in [-0.39, 0.29) is 23.6 Å². The summed E-state index contributed by atoms with van der Waals surface area (Å²) in [5.74, 6) is 0.410. The number of hydrogen-bond acceptors (Lipinski definition) is 2. The quantitative estimate of drug-likeness (QED) is 0.857. The summed E-state index contributed by atoms with van der Waals surface area (Å²) in [6, 6.07) is 4.96. The monoisotopic (exact) mass is 240 g/mol. The average Bonchev–Trinajstić information content (AvgIpc) is 2.25. The zero-order valence-corrected chi connectivity index (χ0v) is 10.9. The third kappa shape index (κ3) is 3.70. The summed E-state index contributed by atoms with van der Waals surface area (Å²) in [6.07, 6.45) is 0.288. The minimum Gasteiger partial charge on any atom is -0.494 e. The molecule has 3 heteroatoms. The molecule has 1 rings (SSSR count). The van der Waals surface area contributed by atoms with Crippen LogP contribution in [0.15, 0.2) is 18.2 Å². The Balaban J connectivity index is 2.83. The van der Waals surface area contributed by atoms with Crippen LogP contribution < -0.4 is 4.74 Å². The van der Waals surface area contributed by atoms with Crippen molar-refractivity contribution in [2.24, 2.45) is 11.8 Å². The van der Waals surface area contributed by atoms with Crippen LogP contribution in [0.4, 0.5) is 4.39 Å². The van der Waals surface area contributed by atoms with Crippen LogP contribution in [0, 0.1) is 17.7 Å². The van der Waals surface area contributed by atoms with Crippen molar-refractivity contribution in [1.82, 2.24) is 0 Å². The van der Waals surface area contributed by atoms with Gasteiger partial charge in [-0.2, -0.15) is 0 Å². The molecule has 0 spiro atoms. The summed E-state index contributed by atoms with van der Waals surface area (Å²) in [6.45, 7) is 5.92. The third-order valence-corrected chi connectivity index (χ3v) is 3.16. The van der Waals surface area contributed by atoms with E-state index in [1.54, 1.807) is 13.0 Å². The van der Waals surface area contributed by atoms with Gasteiger partial charge in [0.2, 0.25) is 0 Å². The van der Waals surface area contributed by atoms with Gasteiger partial charge in [0.25, 0.3) is 0 Å². The first-order chi connectivity index (χ1) is 7.95. The molecule has 0 aliphatic heterocycles. The van der Waals surface area contributed by atoms with E-state index < -0.39 is 0 Å². The van der Waals surface area contributed by atoms with Crippen molar-refractivity contribution in [3.63, 3.8) is 0 Å². The molecule has 0 radical (unpaired) electrons. The third-order valence-electron chi connectivity index (χ3n) is 3.16. The minimum atomic E-state index is -0.389. The molecule has 2 unspecified atom stereocenters. The van der Waals surface area contributed by atoms with Gasteiger partial charge in [-0.3, -0.25) is 0 Å². The number of benzene rings is 1. The van der Waals surface area contributed by atoms with E-state index in [1.807, 2.05) is 6.07 Å².